The molecule has 2 rings (SSSR count). The molecule has 7 nitrogen and oxygen atoms in total. The van der Waals surface area contributed by atoms with Crippen LogP contribution >= 0.6 is 0 Å². The Bertz CT molecular complexity index is 558. The first kappa shape index (κ1) is 14.0. The number of likely N-dealkylation sites (tertiary alicyclic amines) is 1. The van der Waals surface area contributed by atoms with Gasteiger partial charge in [0.25, 0.3) is 0 Å². The first-order valence-electron chi connectivity index (χ1n) is 6.23. The summed E-state index contributed by atoms with van der Waals surface area (Å²) in [5.74, 6) is 0.522. The Labute approximate surface area is 111 Å². The highest BCUT2D eigenvalue weighted by Gasteiger charge is 2.28. The van der Waals surface area contributed by atoms with Crippen molar-refractivity contribution in [1.82, 2.24) is 15.1 Å². The van der Waals surface area contributed by atoms with E-state index in [0.717, 1.165) is 19.1 Å². The largest absolute Gasteiger partial charge is 0.412 e. The Morgan fingerprint density at radius 2 is 2.00 bits per heavy atom. The summed E-state index contributed by atoms with van der Waals surface area (Å²) in [7, 11) is -3.45. The van der Waals surface area contributed by atoms with Crippen molar-refractivity contribution < 1.29 is 17.6 Å². The molecule has 1 fully saturated rings. The van der Waals surface area contributed by atoms with Crippen LogP contribution in [0.1, 0.15) is 38.0 Å². The van der Waals surface area contributed by atoms with Gasteiger partial charge in [-0.05, 0) is 12.8 Å². The summed E-state index contributed by atoms with van der Waals surface area (Å²) in [4.78, 5) is 13.4. The molecule has 0 atom stereocenters. The minimum Gasteiger partial charge on any atom is -0.412 e. The fraction of sp³-hybridized carbons (Fsp3) is 0.727. The van der Waals surface area contributed by atoms with E-state index in [9.17, 15) is 13.2 Å². The van der Waals surface area contributed by atoms with E-state index < -0.39 is 9.84 Å². The standard InChI is InChI=1S/C11H17N3O4S/c1-3-9(15)14-6-4-8(5-7-14)10-12-13-11(18-10)19(2,16)17/h8H,3-7H2,1-2H3. The fourth-order valence-electron chi connectivity index (χ4n) is 2.13. The van der Waals surface area contributed by atoms with Crippen LogP contribution in [-0.4, -0.2) is 48.8 Å². The average Bonchev–Trinajstić information content (AvgIpc) is 2.87. The molecule has 2 heterocycles. The van der Waals surface area contributed by atoms with Crippen molar-refractivity contribution in [2.24, 2.45) is 0 Å². The highest BCUT2D eigenvalue weighted by Crippen LogP contribution is 2.27. The lowest BCUT2D eigenvalue weighted by molar-refractivity contribution is -0.131. The molecular weight excluding hydrogens is 270 g/mol. The number of sulfone groups is 1. The lowest BCUT2D eigenvalue weighted by atomic mass is 9.97. The maximum atomic E-state index is 11.5. The first-order valence-corrected chi connectivity index (χ1v) is 8.12. The van der Waals surface area contributed by atoms with Crippen molar-refractivity contribution in [3.05, 3.63) is 5.89 Å². The van der Waals surface area contributed by atoms with E-state index in [1.807, 2.05) is 11.8 Å². The third-order valence-corrected chi connectivity index (χ3v) is 4.04. The normalized spacial score (nSPS) is 17.7. The van der Waals surface area contributed by atoms with Crippen LogP contribution in [-0.2, 0) is 14.6 Å². The maximum absolute atomic E-state index is 11.5. The van der Waals surface area contributed by atoms with Gasteiger partial charge in [0, 0.05) is 31.7 Å². The quantitative estimate of drug-likeness (QED) is 0.807. The Morgan fingerprint density at radius 3 is 2.47 bits per heavy atom. The molecule has 0 aromatic carbocycles. The summed E-state index contributed by atoms with van der Waals surface area (Å²) in [5, 5.41) is 7.01. The van der Waals surface area contributed by atoms with Crippen LogP contribution in [0.15, 0.2) is 9.64 Å². The van der Waals surface area contributed by atoms with Gasteiger partial charge in [-0.15, -0.1) is 5.10 Å². The van der Waals surface area contributed by atoms with E-state index in [2.05, 4.69) is 10.2 Å². The van der Waals surface area contributed by atoms with E-state index >= 15 is 0 Å². The smallest absolute Gasteiger partial charge is 0.335 e. The molecule has 106 valence electrons. The number of rotatable bonds is 3. The van der Waals surface area contributed by atoms with Crippen LogP contribution in [0.4, 0.5) is 0 Å². The molecule has 1 aromatic rings. The number of aromatic nitrogens is 2. The van der Waals surface area contributed by atoms with Crippen molar-refractivity contribution in [2.45, 2.75) is 37.3 Å². The van der Waals surface area contributed by atoms with Crippen molar-refractivity contribution in [1.29, 1.82) is 0 Å². The lowest BCUT2D eigenvalue weighted by Gasteiger charge is -2.30. The van der Waals surface area contributed by atoms with Gasteiger partial charge in [-0.25, -0.2) is 8.42 Å². The Kier molecular flexibility index (Phi) is 3.88. The van der Waals surface area contributed by atoms with Crippen molar-refractivity contribution in [3.63, 3.8) is 0 Å². The van der Waals surface area contributed by atoms with Crippen LogP contribution in [0, 0.1) is 0 Å². The van der Waals surface area contributed by atoms with E-state index in [-0.39, 0.29) is 17.0 Å². The van der Waals surface area contributed by atoms with Crippen LogP contribution in [0.2, 0.25) is 0 Å². The second kappa shape index (κ2) is 5.28. The molecule has 19 heavy (non-hydrogen) atoms. The average molecular weight is 287 g/mol. The third-order valence-electron chi connectivity index (χ3n) is 3.24. The predicted octanol–water partition coefficient (Wildman–Crippen LogP) is 0.589. The Hall–Kier alpha value is -1.44. The molecule has 1 saturated heterocycles. The second-order valence-corrected chi connectivity index (χ2v) is 6.58. The van der Waals surface area contributed by atoms with Crippen LogP contribution < -0.4 is 0 Å². The summed E-state index contributed by atoms with van der Waals surface area (Å²) in [6.45, 7) is 3.13. The van der Waals surface area contributed by atoms with Gasteiger partial charge in [0.2, 0.25) is 21.6 Å². The molecule has 0 saturated carbocycles. The number of carbonyl (C=O) groups is 1. The summed E-state index contributed by atoms with van der Waals surface area (Å²) >= 11 is 0. The molecule has 0 spiro atoms. The summed E-state index contributed by atoms with van der Waals surface area (Å²) in [6.07, 6.45) is 2.98. The third kappa shape index (κ3) is 3.12. The highest BCUT2D eigenvalue weighted by atomic mass is 32.2. The SMILES string of the molecule is CCC(=O)N1CCC(c2nnc(S(C)(=O)=O)o2)CC1. The highest BCUT2D eigenvalue weighted by molar-refractivity contribution is 7.90. The van der Waals surface area contributed by atoms with Gasteiger partial charge in [-0.1, -0.05) is 12.0 Å². The van der Waals surface area contributed by atoms with Crippen LogP contribution in [0.3, 0.4) is 0 Å². The van der Waals surface area contributed by atoms with Gasteiger partial charge in [0.05, 0.1) is 0 Å². The minimum atomic E-state index is -3.45. The molecule has 8 heteroatoms. The molecule has 0 aliphatic carbocycles. The van der Waals surface area contributed by atoms with E-state index in [4.69, 9.17) is 4.42 Å². The zero-order valence-electron chi connectivity index (χ0n) is 11.0. The summed E-state index contributed by atoms with van der Waals surface area (Å²) in [5.41, 5.74) is 0. The molecule has 0 bridgehead atoms. The van der Waals surface area contributed by atoms with Crippen molar-refractivity contribution in [2.75, 3.05) is 19.3 Å². The fourth-order valence-corrected chi connectivity index (χ4v) is 2.56. The van der Waals surface area contributed by atoms with Crippen LogP contribution in [0.5, 0.6) is 0 Å². The molecule has 0 unspecified atom stereocenters. The van der Waals surface area contributed by atoms with Gasteiger partial charge < -0.3 is 9.32 Å². The Balaban J connectivity index is 2.02. The number of amides is 1. The van der Waals surface area contributed by atoms with E-state index in [0.29, 0.717) is 25.4 Å². The Morgan fingerprint density at radius 1 is 1.37 bits per heavy atom. The number of hydrogen-bond acceptors (Lipinski definition) is 6. The molecular formula is C11H17N3O4S. The number of nitrogens with zero attached hydrogens (tertiary/aromatic N) is 3. The van der Waals surface area contributed by atoms with Crippen molar-refractivity contribution in [3.8, 4) is 0 Å². The van der Waals surface area contributed by atoms with Crippen LogP contribution in [0.25, 0.3) is 0 Å². The number of carbonyl (C=O) groups excluding carboxylic acids is 1. The topological polar surface area (TPSA) is 93.4 Å². The second-order valence-electron chi connectivity index (χ2n) is 4.69. The zero-order chi connectivity index (χ0) is 14.0. The summed E-state index contributed by atoms with van der Waals surface area (Å²) in [6, 6.07) is 0. The monoisotopic (exact) mass is 287 g/mol. The maximum Gasteiger partial charge on any atom is 0.335 e. The van der Waals surface area contributed by atoms with Gasteiger partial charge in [0.15, 0.2) is 0 Å². The zero-order valence-corrected chi connectivity index (χ0v) is 11.8. The van der Waals surface area contributed by atoms with Gasteiger partial charge in [0.1, 0.15) is 0 Å². The van der Waals surface area contributed by atoms with E-state index in [1.54, 1.807) is 0 Å². The molecule has 1 aromatic heterocycles. The predicted molar refractivity (Wildman–Crippen MR) is 66.3 cm³/mol. The minimum absolute atomic E-state index is 0.0314. The molecule has 1 amide bonds. The molecule has 0 radical (unpaired) electrons. The lowest BCUT2D eigenvalue weighted by Crippen LogP contribution is -2.37. The van der Waals surface area contributed by atoms with Gasteiger partial charge in [-0.2, -0.15) is 0 Å². The molecule has 1 aliphatic rings. The van der Waals surface area contributed by atoms with Gasteiger partial charge >= 0.3 is 5.22 Å². The van der Waals surface area contributed by atoms with Crippen molar-refractivity contribution >= 4 is 15.7 Å². The van der Waals surface area contributed by atoms with E-state index in [1.165, 1.54) is 0 Å². The summed E-state index contributed by atoms with van der Waals surface area (Å²) < 4.78 is 27.7. The first-order chi connectivity index (χ1) is 8.91. The van der Waals surface area contributed by atoms with Gasteiger partial charge in [-0.3, -0.25) is 4.79 Å². The number of hydrogen-bond donors (Lipinski definition) is 0. The number of piperidine rings is 1. The molecule has 1 aliphatic heterocycles. The molecule has 0 N–H and O–H groups in total.